The lowest BCUT2D eigenvalue weighted by Crippen LogP contribution is -2.38. The van der Waals surface area contributed by atoms with Gasteiger partial charge < -0.3 is 15.2 Å². The fourth-order valence-corrected chi connectivity index (χ4v) is 3.47. The summed E-state index contributed by atoms with van der Waals surface area (Å²) >= 11 is 3.61. The van der Waals surface area contributed by atoms with Crippen LogP contribution >= 0.6 is 15.9 Å². The van der Waals surface area contributed by atoms with Gasteiger partial charge in [-0.1, -0.05) is 35.2 Å². The normalized spacial score (nSPS) is 21.5. The molecule has 1 aliphatic carbocycles. The Kier molecular flexibility index (Phi) is 2.79. The van der Waals surface area contributed by atoms with Gasteiger partial charge in [-0.2, -0.15) is 0 Å². The zero-order valence-electron chi connectivity index (χ0n) is 9.67. The van der Waals surface area contributed by atoms with Crippen LogP contribution in [0.2, 0.25) is 0 Å². The molecule has 0 radical (unpaired) electrons. The molecule has 1 saturated carbocycles. The lowest BCUT2D eigenvalue weighted by molar-refractivity contribution is 0.173. The number of benzene rings is 1. The van der Waals surface area contributed by atoms with E-state index in [1.807, 2.05) is 12.1 Å². The van der Waals surface area contributed by atoms with Crippen LogP contribution in [0.25, 0.3) is 0 Å². The lowest BCUT2D eigenvalue weighted by atomic mass is 9.77. The molecular weight excluding hydrogens is 282 g/mol. The van der Waals surface area contributed by atoms with Crippen molar-refractivity contribution >= 4 is 15.9 Å². The topological polar surface area (TPSA) is 44.5 Å². The molecule has 1 heterocycles. The molecule has 0 amide bonds. The van der Waals surface area contributed by atoms with Gasteiger partial charge in [0.15, 0.2) is 11.5 Å². The molecule has 0 bridgehead atoms. The highest BCUT2D eigenvalue weighted by Gasteiger charge is 2.33. The highest BCUT2D eigenvalue weighted by atomic mass is 79.9. The summed E-state index contributed by atoms with van der Waals surface area (Å²) in [6.45, 7) is 0.308. The Hall–Kier alpha value is -0.740. The molecule has 0 spiro atoms. The van der Waals surface area contributed by atoms with E-state index in [0.29, 0.717) is 6.79 Å². The van der Waals surface area contributed by atoms with Crippen molar-refractivity contribution in [2.75, 3.05) is 6.79 Å². The third-order valence-corrected chi connectivity index (χ3v) is 4.40. The summed E-state index contributed by atoms with van der Waals surface area (Å²) in [5.74, 6) is 1.62. The van der Waals surface area contributed by atoms with Gasteiger partial charge in [0.1, 0.15) is 0 Å². The van der Waals surface area contributed by atoms with E-state index in [4.69, 9.17) is 15.2 Å². The lowest BCUT2D eigenvalue weighted by Gasteiger charge is -2.34. The zero-order chi connectivity index (χ0) is 11.9. The number of fused-ring (bicyclic) bond motifs is 1. The molecule has 0 saturated heterocycles. The SMILES string of the molecule is NC1(c2cc3c(cc2Br)OCO3)CCCCC1. The molecule has 1 aliphatic heterocycles. The van der Waals surface area contributed by atoms with Crippen molar-refractivity contribution < 1.29 is 9.47 Å². The average molecular weight is 298 g/mol. The molecule has 0 aromatic heterocycles. The number of ether oxygens (including phenoxy) is 2. The first kappa shape index (κ1) is 11.4. The molecule has 0 unspecified atom stereocenters. The molecule has 1 aromatic rings. The van der Waals surface area contributed by atoms with Crippen LogP contribution in [-0.4, -0.2) is 6.79 Å². The van der Waals surface area contributed by atoms with Crippen molar-refractivity contribution in [2.24, 2.45) is 5.73 Å². The van der Waals surface area contributed by atoms with Crippen LogP contribution in [0.3, 0.4) is 0 Å². The first-order valence-corrected chi connectivity index (χ1v) is 6.87. The van der Waals surface area contributed by atoms with Crippen molar-refractivity contribution in [2.45, 2.75) is 37.6 Å². The van der Waals surface area contributed by atoms with Gasteiger partial charge in [-0.3, -0.25) is 0 Å². The highest BCUT2D eigenvalue weighted by Crippen LogP contribution is 2.44. The minimum Gasteiger partial charge on any atom is -0.454 e. The number of nitrogens with two attached hydrogens (primary N) is 1. The fraction of sp³-hybridized carbons (Fsp3) is 0.538. The Morgan fingerprint density at radius 2 is 1.71 bits per heavy atom. The summed E-state index contributed by atoms with van der Waals surface area (Å²) < 4.78 is 11.8. The molecule has 1 aromatic carbocycles. The van der Waals surface area contributed by atoms with Crippen molar-refractivity contribution in [3.05, 3.63) is 22.2 Å². The number of hydrogen-bond acceptors (Lipinski definition) is 3. The molecule has 3 rings (SSSR count). The Morgan fingerprint density at radius 3 is 2.41 bits per heavy atom. The van der Waals surface area contributed by atoms with Crippen LogP contribution in [-0.2, 0) is 5.54 Å². The minimum absolute atomic E-state index is 0.210. The van der Waals surface area contributed by atoms with E-state index in [9.17, 15) is 0 Å². The van der Waals surface area contributed by atoms with Crippen LogP contribution in [0.1, 0.15) is 37.7 Å². The predicted octanol–water partition coefficient (Wildman–Crippen LogP) is 3.30. The molecule has 17 heavy (non-hydrogen) atoms. The Morgan fingerprint density at radius 1 is 1.06 bits per heavy atom. The second-order valence-corrected chi connectivity index (χ2v) is 5.76. The first-order valence-electron chi connectivity index (χ1n) is 6.08. The van der Waals surface area contributed by atoms with E-state index in [1.54, 1.807) is 0 Å². The molecule has 2 aliphatic rings. The van der Waals surface area contributed by atoms with E-state index in [2.05, 4.69) is 15.9 Å². The summed E-state index contributed by atoms with van der Waals surface area (Å²) in [5.41, 5.74) is 7.49. The van der Waals surface area contributed by atoms with Gasteiger partial charge in [0, 0.05) is 10.0 Å². The largest absolute Gasteiger partial charge is 0.454 e. The third-order valence-electron chi connectivity index (χ3n) is 3.74. The standard InChI is InChI=1S/C13H16BrNO2/c14-10-7-12-11(16-8-17-12)6-9(10)13(15)4-2-1-3-5-13/h6-7H,1-5,8,15H2. The molecule has 3 nitrogen and oxygen atoms in total. The fourth-order valence-electron chi connectivity index (χ4n) is 2.75. The second-order valence-electron chi connectivity index (χ2n) is 4.90. The maximum atomic E-state index is 6.55. The first-order chi connectivity index (χ1) is 8.19. The molecule has 92 valence electrons. The monoisotopic (exact) mass is 297 g/mol. The van der Waals surface area contributed by atoms with Crippen LogP contribution in [0.15, 0.2) is 16.6 Å². The number of rotatable bonds is 1. The van der Waals surface area contributed by atoms with Crippen molar-refractivity contribution in [3.8, 4) is 11.5 Å². The van der Waals surface area contributed by atoms with E-state index >= 15 is 0 Å². The van der Waals surface area contributed by atoms with Crippen molar-refractivity contribution in [3.63, 3.8) is 0 Å². The van der Waals surface area contributed by atoms with Gasteiger partial charge in [-0.05, 0) is 30.5 Å². The third kappa shape index (κ3) is 1.93. The average Bonchev–Trinajstić information content (AvgIpc) is 2.76. The quantitative estimate of drug-likeness (QED) is 0.865. The van der Waals surface area contributed by atoms with Crippen LogP contribution in [0.4, 0.5) is 0 Å². The van der Waals surface area contributed by atoms with Crippen LogP contribution in [0, 0.1) is 0 Å². The summed E-state index contributed by atoms with van der Waals surface area (Å²) in [6.07, 6.45) is 5.80. The molecule has 0 atom stereocenters. The van der Waals surface area contributed by atoms with Gasteiger partial charge in [-0.15, -0.1) is 0 Å². The maximum Gasteiger partial charge on any atom is 0.231 e. The van der Waals surface area contributed by atoms with Gasteiger partial charge in [0.25, 0.3) is 0 Å². The summed E-state index contributed by atoms with van der Waals surface area (Å²) in [4.78, 5) is 0. The molecular formula is C13H16BrNO2. The molecule has 4 heteroatoms. The summed E-state index contributed by atoms with van der Waals surface area (Å²) in [5, 5.41) is 0. The maximum absolute atomic E-state index is 6.55. The molecule has 2 N–H and O–H groups in total. The van der Waals surface area contributed by atoms with Crippen molar-refractivity contribution in [1.29, 1.82) is 0 Å². The van der Waals surface area contributed by atoms with E-state index < -0.39 is 0 Å². The van der Waals surface area contributed by atoms with E-state index in [0.717, 1.165) is 34.4 Å². The van der Waals surface area contributed by atoms with Gasteiger partial charge >= 0.3 is 0 Å². The smallest absolute Gasteiger partial charge is 0.231 e. The van der Waals surface area contributed by atoms with Crippen molar-refractivity contribution in [1.82, 2.24) is 0 Å². The van der Waals surface area contributed by atoms with Gasteiger partial charge in [0.2, 0.25) is 6.79 Å². The van der Waals surface area contributed by atoms with E-state index in [1.165, 1.54) is 19.3 Å². The van der Waals surface area contributed by atoms with E-state index in [-0.39, 0.29) is 5.54 Å². The predicted molar refractivity (Wildman–Crippen MR) is 69.2 cm³/mol. The highest BCUT2D eigenvalue weighted by molar-refractivity contribution is 9.10. The van der Waals surface area contributed by atoms with Crippen LogP contribution < -0.4 is 15.2 Å². The van der Waals surface area contributed by atoms with Gasteiger partial charge in [0.05, 0.1) is 0 Å². The number of halogens is 1. The van der Waals surface area contributed by atoms with Crippen LogP contribution in [0.5, 0.6) is 11.5 Å². The summed E-state index contributed by atoms with van der Waals surface area (Å²) in [6, 6.07) is 4.01. The summed E-state index contributed by atoms with van der Waals surface area (Å²) in [7, 11) is 0. The Bertz CT molecular complexity index is 441. The zero-order valence-corrected chi connectivity index (χ0v) is 11.3. The minimum atomic E-state index is -0.210. The molecule has 1 fully saturated rings. The Balaban J connectivity index is 2.02. The Labute approximate surface area is 109 Å². The number of hydrogen-bond donors (Lipinski definition) is 1. The van der Waals surface area contributed by atoms with Gasteiger partial charge in [-0.25, -0.2) is 0 Å². The second kappa shape index (κ2) is 4.18.